The fraction of sp³-hybridized carbons (Fsp3) is 0.375. The highest BCUT2D eigenvalue weighted by atomic mass is 35.5. The van der Waals surface area contributed by atoms with Crippen molar-refractivity contribution in [3.63, 3.8) is 0 Å². The Kier molecular flexibility index (Phi) is 5.71. The number of benzene rings is 1. The molecule has 1 spiro atoms. The van der Waals surface area contributed by atoms with E-state index in [9.17, 15) is 13.2 Å². The molecule has 0 amide bonds. The van der Waals surface area contributed by atoms with Crippen molar-refractivity contribution in [2.24, 2.45) is 0 Å². The molecular weight excluding hydrogens is 513 g/mol. The molecule has 0 aliphatic carbocycles. The third-order valence-electron chi connectivity index (χ3n) is 6.98. The Hall–Kier alpha value is -2.73. The predicted octanol–water partition coefficient (Wildman–Crippen LogP) is 5.43. The van der Waals surface area contributed by atoms with Crippen LogP contribution in [0.5, 0.6) is 0 Å². The van der Waals surface area contributed by atoms with Crippen LogP contribution in [0.25, 0.3) is 17.1 Å². The van der Waals surface area contributed by atoms with Gasteiger partial charge in [-0.1, -0.05) is 17.7 Å². The van der Waals surface area contributed by atoms with Crippen molar-refractivity contribution in [1.82, 2.24) is 29.9 Å². The first kappa shape index (κ1) is 23.7. The molecule has 36 heavy (non-hydrogen) atoms. The van der Waals surface area contributed by atoms with Crippen LogP contribution in [-0.2, 0) is 22.8 Å². The maximum Gasteiger partial charge on any atom is 0.297 e. The number of alkyl halides is 2. The van der Waals surface area contributed by atoms with Gasteiger partial charge >= 0.3 is 0 Å². The molecule has 4 aromatic rings. The first-order valence-corrected chi connectivity index (χ1v) is 12.7. The Balaban J connectivity index is 1.22. The molecule has 1 fully saturated rings. The van der Waals surface area contributed by atoms with Gasteiger partial charge in [-0.25, -0.2) is 14.1 Å². The van der Waals surface area contributed by atoms with E-state index < -0.39 is 23.9 Å². The summed E-state index contributed by atoms with van der Waals surface area (Å²) in [6.45, 7) is 3.18. The van der Waals surface area contributed by atoms with Gasteiger partial charge in [0.2, 0.25) is 0 Å². The molecular formula is C24H22ClF3N6OS. The second kappa shape index (κ2) is 8.69. The van der Waals surface area contributed by atoms with E-state index in [4.69, 9.17) is 16.3 Å². The van der Waals surface area contributed by atoms with Crippen LogP contribution < -0.4 is 0 Å². The lowest BCUT2D eigenvalue weighted by Gasteiger charge is -2.45. The second-order valence-corrected chi connectivity index (χ2v) is 10.9. The molecule has 2 aliphatic heterocycles. The highest BCUT2D eigenvalue weighted by molar-refractivity contribution is 7.16. The summed E-state index contributed by atoms with van der Waals surface area (Å²) in [6.07, 6.45) is 4.37. The van der Waals surface area contributed by atoms with E-state index in [1.165, 1.54) is 34.5 Å². The van der Waals surface area contributed by atoms with Crippen LogP contribution in [0.3, 0.4) is 0 Å². The number of para-hydroxylation sites is 1. The van der Waals surface area contributed by atoms with Crippen molar-refractivity contribution in [2.45, 2.75) is 37.8 Å². The standard InChI is InChI=1S/C24H22ClF3N6OS/c1-14-15(11-34(32-14)20-16(3-2-4-18(20)26)22-29-13-30-31-22)10-33-7-5-23(6-8-33)21-17(9-19(25)36-21)24(27,28)12-35-23/h2-4,9,11,13H,5-8,10,12H2,1H3,(H,29,30,31). The summed E-state index contributed by atoms with van der Waals surface area (Å²) in [6, 6.07) is 6.14. The van der Waals surface area contributed by atoms with Gasteiger partial charge in [-0.15, -0.1) is 11.3 Å². The summed E-state index contributed by atoms with van der Waals surface area (Å²) in [4.78, 5) is 6.94. The van der Waals surface area contributed by atoms with E-state index in [1.807, 2.05) is 13.1 Å². The largest absolute Gasteiger partial charge is 0.363 e. The maximum absolute atomic E-state index is 14.9. The van der Waals surface area contributed by atoms with Gasteiger partial charge in [-0.3, -0.25) is 10.00 Å². The fourth-order valence-corrected chi connectivity index (χ4v) is 6.55. The average Bonchev–Trinajstić information content (AvgIpc) is 3.59. The molecule has 0 atom stereocenters. The number of hydrogen-bond acceptors (Lipinski definition) is 6. The maximum atomic E-state index is 14.9. The quantitative estimate of drug-likeness (QED) is 0.378. The minimum atomic E-state index is -3.02. The first-order valence-electron chi connectivity index (χ1n) is 11.5. The monoisotopic (exact) mass is 534 g/mol. The molecule has 3 aromatic heterocycles. The number of hydrogen-bond donors (Lipinski definition) is 1. The molecule has 1 saturated heterocycles. The molecule has 5 heterocycles. The molecule has 2 aliphatic rings. The van der Waals surface area contributed by atoms with E-state index >= 15 is 0 Å². The zero-order valence-electron chi connectivity index (χ0n) is 19.3. The van der Waals surface area contributed by atoms with Crippen molar-refractivity contribution in [3.05, 3.63) is 68.6 Å². The number of fused-ring (bicyclic) bond motifs is 2. The summed E-state index contributed by atoms with van der Waals surface area (Å²) >= 11 is 7.30. The Morgan fingerprint density at radius 1 is 1.25 bits per heavy atom. The number of aromatic nitrogens is 5. The summed E-state index contributed by atoms with van der Waals surface area (Å²) in [5, 5.41) is 11.2. The number of H-pyrrole nitrogens is 1. The molecule has 1 N–H and O–H groups in total. The molecule has 0 radical (unpaired) electrons. The summed E-state index contributed by atoms with van der Waals surface area (Å²) in [7, 11) is 0. The number of thiophene rings is 1. The number of rotatable bonds is 4. The van der Waals surface area contributed by atoms with E-state index in [2.05, 4.69) is 25.2 Å². The summed E-state index contributed by atoms with van der Waals surface area (Å²) in [5.74, 6) is -2.99. The van der Waals surface area contributed by atoms with Crippen molar-refractivity contribution >= 4 is 22.9 Å². The zero-order chi connectivity index (χ0) is 25.1. The van der Waals surface area contributed by atoms with Gasteiger partial charge in [0.05, 0.1) is 10.0 Å². The highest BCUT2D eigenvalue weighted by Crippen LogP contribution is 2.52. The van der Waals surface area contributed by atoms with Crippen LogP contribution in [0.15, 0.2) is 36.8 Å². The number of likely N-dealkylation sites (tertiary alicyclic amines) is 1. The zero-order valence-corrected chi connectivity index (χ0v) is 20.8. The third kappa shape index (κ3) is 3.94. The van der Waals surface area contributed by atoms with Crippen LogP contribution in [0.1, 0.15) is 34.5 Å². The predicted molar refractivity (Wildman–Crippen MR) is 129 cm³/mol. The van der Waals surface area contributed by atoms with Crippen LogP contribution >= 0.6 is 22.9 Å². The van der Waals surface area contributed by atoms with Crippen molar-refractivity contribution in [2.75, 3.05) is 19.7 Å². The van der Waals surface area contributed by atoms with Gasteiger partial charge in [0, 0.05) is 47.4 Å². The Labute approximate surface area is 213 Å². The summed E-state index contributed by atoms with van der Waals surface area (Å²) < 4.78 is 51.4. The number of ether oxygens (including phenoxy) is 1. The van der Waals surface area contributed by atoms with Crippen LogP contribution in [0.2, 0.25) is 4.34 Å². The lowest BCUT2D eigenvalue weighted by molar-refractivity contribution is -0.182. The molecule has 188 valence electrons. The van der Waals surface area contributed by atoms with Crippen LogP contribution in [0.4, 0.5) is 13.2 Å². The molecule has 0 saturated carbocycles. The Morgan fingerprint density at radius 2 is 2.06 bits per heavy atom. The second-order valence-electron chi connectivity index (χ2n) is 9.21. The topological polar surface area (TPSA) is 71.9 Å². The molecule has 0 unspecified atom stereocenters. The molecule has 12 heteroatoms. The van der Waals surface area contributed by atoms with Crippen LogP contribution in [0, 0.1) is 12.7 Å². The van der Waals surface area contributed by atoms with Crippen molar-refractivity contribution in [1.29, 1.82) is 0 Å². The smallest absolute Gasteiger partial charge is 0.297 e. The normalized spacial score (nSPS) is 19.0. The molecule has 0 bridgehead atoms. The van der Waals surface area contributed by atoms with E-state index in [0.29, 0.717) is 58.8 Å². The Morgan fingerprint density at radius 3 is 2.81 bits per heavy atom. The van der Waals surface area contributed by atoms with Gasteiger partial charge in [0.25, 0.3) is 5.92 Å². The van der Waals surface area contributed by atoms with Crippen LogP contribution in [-0.4, -0.2) is 49.6 Å². The minimum absolute atomic E-state index is 0.00164. The van der Waals surface area contributed by atoms with Gasteiger partial charge in [0.1, 0.15) is 30.0 Å². The number of nitrogens with zero attached hydrogens (tertiary/aromatic N) is 5. The van der Waals surface area contributed by atoms with E-state index in [0.717, 1.165) is 11.3 Å². The van der Waals surface area contributed by atoms with E-state index in [-0.39, 0.29) is 5.56 Å². The Bertz CT molecular complexity index is 1410. The van der Waals surface area contributed by atoms with Gasteiger partial charge in [-0.2, -0.15) is 19.0 Å². The highest BCUT2D eigenvalue weighted by Gasteiger charge is 2.51. The number of piperidine rings is 1. The minimum Gasteiger partial charge on any atom is -0.363 e. The fourth-order valence-electron chi connectivity index (χ4n) is 5.07. The SMILES string of the molecule is Cc1nn(-c2c(F)cccc2-c2ncn[nH]2)cc1CN1CCC2(CC1)OCC(F)(F)c1cc(Cl)sc12. The van der Waals surface area contributed by atoms with E-state index in [1.54, 1.807) is 12.1 Å². The molecule has 6 rings (SSSR count). The first-order chi connectivity index (χ1) is 17.3. The molecule has 7 nitrogen and oxygen atoms in total. The lowest BCUT2D eigenvalue weighted by atomic mass is 9.84. The number of aryl methyl sites for hydroxylation is 1. The van der Waals surface area contributed by atoms with Crippen molar-refractivity contribution < 1.29 is 17.9 Å². The number of halogens is 4. The van der Waals surface area contributed by atoms with Crippen molar-refractivity contribution in [3.8, 4) is 17.1 Å². The van der Waals surface area contributed by atoms with Gasteiger partial charge < -0.3 is 4.74 Å². The molecule has 1 aromatic carbocycles. The number of nitrogens with one attached hydrogen (secondary N) is 1. The lowest BCUT2D eigenvalue weighted by Crippen LogP contribution is -2.48. The van der Waals surface area contributed by atoms with Gasteiger partial charge in [0.15, 0.2) is 5.82 Å². The average molecular weight is 535 g/mol. The van der Waals surface area contributed by atoms with Gasteiger partial charge in [-0.05, 0) is 38.0 Å². The number of aromatic amines is 1. The summed E-state index contributed by atoms with van der Waals surface area (Å²) in [5.41, 5.74) is 1.85. The third-order valence-corrected chi connectivity index (χ3v) is 8.43.